The molecule has 0 aromatic heterocycles. The van der Waals surface area contributed by atoms with Crippen LogP contribution in [0.1, 0.15) is 36.0 Å². The van der Waals surface area contributed by atoms with Crippen LogP contribution >= 0.6 is 0 Å². The highest BCUT2D eigenvalue weighted by Crippen LogP contribution is 2.21. The fourth-order valence-corrected chi connectivity index (χ4v) is 3.49. The van der Waals surface area contributed by atoms with Gasteiger partial charge >= 0.3 is 0 Å². The summed E-state index contributed by atoms with van der Waals surface area (Å²) in [6, 6.07) is 9.95. The van der Waals surface area contributed by atoms with E-state index in [4.69, 9.17) is 4.74 Å². The number of carbonyl (C=O) groups excluding carboxylic acids is 1. The van der Waals surface area contributed by atoms with Gasteiger partial charge in [0.1, 0.15) is 0 Å². The summed E-state index contributed by atoms with van der Waals surface area (Å²) in [6.07, 6.45) is 4.91. The van der Waals surface area contributed by atoms with E-state index in [0.717, 1.165) is 38.4 Å². The Morgan fingerprint density at radius 1 is 1.23 bits per heavy atom. The third-order valence-electron chi connectivity index (χ3n) is 4.80. The summed E-state index contributed by atoms with van der Waals surface area (Å²) in [4.78, 5) is 14.8. The normalized spacial score (nSPS) is 26.0. The summed E-state index contributed by atoms with van der Waals surface area (Å²) in [5, 5.41) is 3.11. The highest BCUT2D eigenvalue weighted by atomic mass is 16.5. The predicted molar refractivity (Wildman–Crippen MR) is 86.9 cm³/mol. The molecular weight excluding hydrogens is 276 g/mol. The first-order valence-electron chi connectivity index (χ1n) is 8.48. The van der Waals surface area contributed by atoms with Crippen molar-refractivity contribution in [3.8, 4) is 0 Å². The number of ether oxygens (including phenoxy) is 1. The van der Waals surface area contributed by atoms with Crippen LogP contribution in [0.25, 0.3) is 0 Å². The number of rotatable bonds is 5. The van der Waals surface area contributed by atoms with Crippen molar-refractivity contribution in [2.75, 3.05) is 32.8 Å². The van der Waals surface area contributed by atoms with Crippen molar-refractivity contribution in [1.29, 1.82) is 0 Å². The van der Waals surface area contributed by atoms with Crippen molar-refractivity contribution < 1.29 is 9.53 Å². The molecule has 2 aliphatic heterocycles. The Morgan fingerprint density at radius 3 is 2.86 bits per heavy atom. The second-order valence-corrected chi connectivity index (χ2v) is 6.45. The van der Waals surface area contributed by atoms with Gasteiger partial charge in [-0.2, -0.15) is 0 Å². The van der Waals surface area contributed by atoms with E-state index >= 15 is 0 Å². The summed E-state index contributed by atoms with van der Waals surface area (Å²) < 4.78 is 5.49. The summed E-state index contributed by atoms with van der Waals surface area (Å²) >= 11 is 0. The molecule has 0 saturated carbocycles. The van der Waals surface area contributed by atoms with Gasteiger partial charge < -0.3 is 10.1 Å². The molecule has 2 aliphatic rings. The van der Waals surface area contributed by atoms with Gasteiger partial charge in [0.2, 0.25) is 0 Å². The van der Waals surface area contributed by atoms with E-state index in [2.05, 4.69) is 10.2 Å². The van der Waals surface area contributed by atoms with Gasteiger partial charge in [0.15, 0.2) is 0 Å². The van der Waals surface area contributed by atoms with Crippen LogP contribution in [0.2, 0.25) is 0 Å². The SMILES string of the molecule is O=C(NC[C@H]1CCCCN1C[C@@H]1CCOC1)c1ccccc1. The Balaban J connectivity index is 1.51. The lowest BCUT2D eigenvalue weighted by molar-refractivity contribution is 0.0884. The lowest BCUT2D eigenvalue weighted by Gasteiger charge is -2.37. The van der Waals surface area contributed by atoms with Crippen molar-refractivity contribution in [2.45, 2.75) is 31.7 Å². The number of piperidine rings is 1. The molecule has 0 bridgehead atoms. The number of nitrogens with one attached hydrogen (secondary N) is 1. The molecule has 0 unspecified atom stereocenters. The van der Waals surface area contributed by atoms with Gasteiger partial charge in [0.05, 0.1) is 6.61 Å². The Kier molecular flexibility index (Phi) is 5.46. The molecule has 2 atom stereocenters. The van der Waals surface area contributed by atoms with Crippen LogP contribution in [0.3, 0.4) is 0 Å². The van der Waals surface area contributed by atoms with E-state index in [1.165, 1.54) is 25.7 Å². The Bertz CT molecular complexity index is 471. The zero-order chi connectivity index (χ0) is 15.2. The van der Waals surface area contributed by atoms with Crippen molar-refractivity contribution in [3.63, 3.8) is 0 Å². The average molecular weight is 302 g/mol. The molecular formula is C18H26N2O2. The number of likely N-dealkylation sites (tertiary alicyclic amines) is 1. The molecule has 3 rings (SSSR count). The molecule has 1 aromatic rings. The Hall–Kier alpha value is -1.39. The topological polar surface area (TPSA) is 41.6 Å². The van der Waals surface area contributed by atoms with Gasteiger partial charge in [0, 0.05) is 31.3 Å². The maximum Gasteiger partial charge on any atom is 0.251 e. The number of hydrogen-bond acceptors (Lipinski definition) is 3. The van der Waals surface area contributed by atoms with Gasteiger partial charge in [-0.15, -0.1) is 0 Å². The van der Waals surface area contributed by atoms with Crippen molar-refractivity contribution >= 4 is 5.91 Å². The van der Waals surface area contributed by atoms with Crippen molar-refractivity contribution in [1.82, 2.24) is 10.2 Å². The third kappa shape index (κ3) is 4.08. The standard InChI is InChI=1S/C18H26N2O2/c21-18(16-6-2-1-3-7-16)19-12-17-8-4-5-10-20(17)13-15-9-11-22-14-15/h1-3,6-7,15,17H,4-5,8-14H2,(H,19,21)/t15-,17+/m0/s1. The quantitative estimate of drug-likeness (QED) is 0.907. The van der Waals surface area contributed by atoms with Crippen LogP contribution < -0.4 is 5.32 Å². The first-order chi connectivity index (χ1) is 10.8. The zero-order valence-electron chi connectivity index (χ0n) is 13.2. The van der Waals surface area contributed by atoms with Crippen LogP contribution in [-0.2, 0) is 4.74 Å². The highest BCUT2D eigenvalue weighted by molar-refractivity contribution is 5.94. The second-order valence-electron chi connectivity index (χ2n) is 6.45. The van der Waals surface area contributed by atoms with Gasteiger partial charge in [-0.1, -0.05) is 24.6 Å². The van der Waals surface area contributed by atoms with E-state index in [0.29, 0.717) is 12.0 Å². The van der Waals surface area contributed by atoms with Crippen molar-refractivity contribution in [2.24, 2.45) is 5.92 Å². The fourth-order valence-electron chi connectivity index (χ4n) is 3.49. The number of amides is 1. The summed E-state index contributed by atoms with van der Waals surface area (Å²) in [6.45, 7) is 4.84. The number of nitrogens with zero attached hydrogens (tertiary/aromatic N) is 1. The van der Waals surface area contributed by atoms with Gasteiger partial charge in [-0.25, -0.2) is 0 Å². The minimum atomic E-state index is 0.0373. The predicted octanol–water partition coefficient (Wildman–Crippen LogP) is 2.31. The molecule has 1 N–H and O–H groups in total. The van der Waals surface area contributed by atoms with Crippen LogP contribution in [0.15, 0.2) is 30.3 Å². The molecule has 4 heteroatoms. The largest absolute Gasteiger partial charge is 0.381 e. The summed E-state index contributed by atoms with van der Waals surface area (Å²) in [7, 11) is 0. The van der Waals surface area contributed by atoms with Gasteiger partial charge in [-0.05, 0) is 43.9 Å². The maximum absolute atomic E-state index is 12.2. The minimum Gasteiger partial charge on any atom is -0.381 e. The van der Waals surface area contributed by atoms with E-state index in [9.17, 15) is 4.79 Å². The molecule has 0 aliphatic carbocycles. The highest BCUT2D eigenvalue weighted by Gasteiger charge is 2.27. The first-order valence-corrected chi connectivity index (χ1v) is 8.48. The molecule has 4 nitrogen and oxygen atoms in total. The average Bonchev–Trinajstić information content (AvgIpc) is 3.07. The van der Waals surface area contributed by atoms with Crippen LogP contribution in [0.4, 0.5) is 0 Å². The molecule has 2 saturated heterocycles. The van der Waals surface area contributed by atoms with Gasteiger partial charge in [-0.3, -0.25) is 9.69 Å². The monoisotopic (exact) mass is 302 g/mol. The Morgan fingerprint density at radius 2 is 2.09 bits per heavy atom. The molecule has 1 amide bonds. The first kappa shape index (κ1) is 15.5. The molecule has 120 valence electrons. The van der Waals surface area contributed by atoms with E-state index < -0.39 is 0 Å². The fraction of sp³-hybridized carbons (Fsp3) is 0.611. The number of carbonyl (C=O) groups is 1. The van der Waals surface area contributed by atoms with E-state index in [1.807, 2.05) is 30.3 Å². The van der Waals surface area contributed by atoms with Crippen LogP contribution in [-0.4, -0.2) is 49.7 Å². The van der Waals surface area contributed by atoms with E-state index in [-0.39, 0.29) is 5.91 Å². The zero-order valence-corrected chi connectivity index (χ0v) is 13.2. The minimum absolute atomic E-state index is 0.0373. The van der Waals surface area contributed by atoms with Gasteiger partial charge in [0.25, 0.3) is 5.91 Å². The summed E-state index contributed by atoms with van der Waals surface area (Å²) in [5.74, 6) is 0.709. The molecule has 2 heterocycles. The Labute approximate surface area is 132 Å². The lowest BCUT2D eigenvalue weighted by atomic mass is 9.99. The third-order valence-corrected chi connectivity index (χ3v) is 4.80. The van der Waals surface area contributed by atoms with Crippen molar-refractivity contribution in [3.05, 3.63) is 35.9 Å². The second kappa shape index (κ2) is 7.75. The molecule has 22 heavy (non-hydrogen) atoms. The van der Waals surface area contributed by atoms with Crippen LogP contribution in [0.5, 0.6) is 0 Å². The van der Waals surface area contributed by atoms with E-state index in [1.54, 1.807) is 0 Å². The molecule has 1 aromatic carbocycles. The molecule has 0 spiro atoms. The molecule has 2 fully saturated rings. The van der Waals surface area contributed by atoms with Crippen LogP contribution in [0, 0.1) is 5.92 Å². The lowest BCUT2D eigenvalue weighted by Crippen LogP contribution is -2.48. The number of benzene rings is 1. The number of hydrogen-bond donors (Lipinski definition) is 1. The smallest absolute Gasteiger partial charge is 0.251 e. The molecule has 0 radical (unpaired) electrons. The maximum atomic E-state index is 12.2. The summed E-state index contributed by atoms with van der Waals surface area (Å²) in [5.41, 5.74) is 0.744.